The monoisotopic (exact) mass is 828 g/mol. The SMILES string of the molecule is CC(C)(C)c1cc2ccccc2cc1N1c2cc3oc4ccccc4c3cc2B2c3cc4c(cc3N(c3cc5ccccc5cc3C(C)(C)C)c3cccc1c32)sc1ccccc14. The molecular weight excluding hydrogens is 784 g/mol. The van der Waals surface area contributed by atoms with Crippen molar-refractivity contribution in [2.24, 2.45) is 0 Å². The minimum Gasteiger partial charge on any atom is -0.456 e. The number of thiophene rings is 1. The van der Waals surface area contributed by atoms with Gasteiger partial charge in [-0.1, -0.05) is 145 Å². The molecule has 63 heavy (non-hydrogen) atoms. The summed E-state index contributed by atoms with van der Waals surface area (Å²) in [5.41, 5.74) is 15.3. The number of anilines is 6. The topological polar surface area (TPSA) is 19.6 Å². The summed E-state index contributed by atoms with van der Waals surface area (Å²) >= 11 is 1.90. The molecule has 0 saturated carbocycles. The maximum absolute atomic E-state index is 6.75. The summed E-state index contributed by atoms with van der Waals surface area (Å²) in [6.07, 6.45) is 0. The zero-order valence-corrected chi connectivity index (χ0v) is 37.2. The van der Waals surface area contributed by atoms with Crippen molar-refractivity contribution in [3.8, 4) is 0 Å². The summed E-state index contributed by atoms with van der Waals surface area (Å²) in [5, 5.41) is 9.90. The van der Waals surface area contributed by atoms with E-state index in [1.54, 1.807) is 0 Å². The molecule has 2 aromatic heterocycles. The van der Waals surface area contributed by atoms with Crippen LogP contribution in [0.5, 0.6) is 0 Å². The van der Waals surface area contributed by atoms with Crippen LogP contribution in [0.3, 0.4) is 0 Å². The molecule has 0 bridgehead atoms. The van der Waals surface area contributed by atoms with Crippen LogP contribution >= 0.6 is 11.3 Å². The molecule has 13 rings (SSSR count). The van der Waals surface area contributed by atoms with Crippen molar-refractivity contribution >= 4 is 132 Å². The van der Waals surface area contributed by atoms with Crippen LogP contribution in [-0.4, -0.2) is 6.71 Å². The van der Waals surface area contributed by atoms with E-state index in [1.807, 2.05) is 11.3 Å². The van der Waals surface area contributed by atoms with E-state index in [2.05, 4.69) is 215 Å². The van der Waals surface area contributed by atoms with E-state index in [0.717, 1.165) is 27.6 Å². The molecule has 0 fully saturated rings. The Bertz CT molecular complexity index is 3510. The van der Waals surface area contributed by atoms with Crippen LogP contribution in [0.4, 0.5) is 34.1 Å². The van der Waals surface area contributed by atoms with Crippen molar-refractivity contribution in [3.63, 3.8) is 0 Å². The van der Waals surface area contributed by atoms with Gasteiger partial charge in [-0.2, -0.15) is 0 Å². The zero-order valence-electron chi connectivity index (χ0n) is 36.4. The average molecular weight is 829 g/mol. The second-order valence-corrected chi connectivity index (χ2v) is 20.8. The standard InChI is InChI=1S/C58H45BN2OS/c1-57(2,3)42-26-34-16-7-9-18-36(34)28-48(42)60-46-22-15-23-47-56(46)59(44-30-40-38-20-11-13-24-52(38)62-53(40)32-50(44)60)45-31-41-39-21-12-14-25-54(39)63-55(41)33-51(45)61(47)49-29-37-19-10-8-17-35(37)27-43(49)58(4,5)6/h7-33H,1-6H3. The molecule has 3 nitrogen and oxygen atoms in total. The Balaban J connectivity index is 1.20. The quantitative estimate of drug-likeness (QED) is 0.162. The molecule has 0 unspecified atom stereocenters. The van der Waals surface area contributed by atoms with Crippen molar-refractivity contribution in [1.29, 1.82) is 0 Å². The highest BCUT2D eigenvalue weighted by Crippen LogP contribution is 2.51. The highest BCUT2D eigenvalue weighted by Gasteiger charge is 2.45. The first-order chi connectivity index (χ1) is 30.5. The van der Waals surface area contributed by atoms with Crippen LogP contribution in [0.25, 0.3) is 63.7 Å². The van der Waals surface area contributed by atoms with Crippen LogP contribution in [0.2, 0.25) is 0 Å². The summed E-state index contributed by atoms with van der Waals surface area (Å²) in [4.78, 5) is 5.21. The lowest BCUT2D eigenvalue weighted by Crippen LogP contribution is -2.61. The molecule has 0 radical (unpaired) electrons. The lowest BCUT2D eigenvalue weighted by Gasteiger charge is -2.45. The number of fused-ring (bicyclic) bond motifs is 12. The van der Waals surface area contributed by atoms with Crippen LogP contribution in [0.15, 0.2) is 168 Å². The van der Waals surface area contributed by atoms with Gasteiger partial charge in [0.15, 0.2) is 0 Å². The maximum atomic E-state index is 6.75. The van der Waals surface area contributed by atoms with Crippen molar-refractivity contribution in [1.82, 2.24) is 0 Å². The largest absolute Gasteiger partial charge is 0.456 e. The average Bonchev–Trinajstić information content (AvgIpc) is 3.83. The van der Waals surface area contributed by atoms with Crippen LogP contribution < -0.4 is 26.2 Å². The molecule has 11 aromatic rings. The molecule has 0 atom stereocenters. The van der Waals surface area contributed by atoms with Crippen LogP contribution in [0.1, 0.15) is 52.7 Å². The van der Waals surface area contributed by atoms with E-state index < -0.39 is 0 Å². The molecule has 9 aromatic carbocycles. The Hall–Kier alpha value is -6.82. The molecule has 2 aliphatic heterocycles. The Morgan fingerprint density at radius 1 is 0.397 bits per heavy atom. The molecule has 0 amide bonds. The Morgan fingerprint density at radius 2 is 0.905 bits per heavy atom. The molecule has 0 N–H and O–H groups in total. The van der Waals surface area contributed by atoms with Gasteiger partial charge < -0.3 is 14.2 Å². The van der Waals surface area contributed by atoms with Gasteiger partial charge in [-0.25, -0.2) is 0 Å². The van der Waals surface area contributed by atoms with E-state index in [4.69, 9.17) is 4.42 Å². The fraction of sp³-hybridized carbons (Fsp3) is 0.138. The van der Waals surface area contributed by atoms with Crippen LogP contribution in [-0.2, 0) is 10.8 Å². The smallest absolute Gasteiger partial charge is 0.252 e. The molecular formula is C58H45BN2OS. The van der Waals surface area contributed by atoms with E-state index in [1.165, 1.54) is 97.7 Å². The Morgan fingerprint density at radius 3 is 1.51 bits per heavy atom. The number of furan rings is 1. The van der Waals surface area contributed by atoms with Crippen LogP contribution in [0, 0.1) is 0 Å². The summed E-state index contributed by atoms with van der Waals surface area (Å²) in [7, 11) is 0. The first-order valence-electron chi connectivity index (χ1n) is 22.2. The van der Waals surface area contributed by atoms with Crippen molar-refractivity contribution in [2.75, 3.05) is 9.80 Å². The normalized spacial score (nSPS) is 13.8. The molecule has 0 aliphatic carbocycles. The fourth-order valence-electron chi connectivity index (χ4n) is 10.9. The van der Waals surface area contributed by atoms with Gasteiger partial charge in [0.05, 0.1) is 11.4 Å². The summed E-state index contributed by atoms with van der Waals surface area (Å²) < 4.78 is 9.37. The van der Waals surface area contributed by atoms with Gasteiger partial charge in [-0.3, -0.25) is 0 Å². The summed E-state index contributed by atoms with van der Waals surface area (Å²) in [6.45, 7) is 14.1. The third-order valence-corrected chi connectivity index (χ3v) is 14.9. The Labute approximate surface area is 371 Å². The Kier molecular flexibility index (Phi) is 7.52. The van der Waals surface area contributed by atoms with Gasteiger partial charge in [0.25, 0.3) is 6.71 Å². The summed E-state index contributed by atoms with van der Waals surface area (Å²) in [6, 6.07) is 61.7. The van der Waals surface area contributed by atoms with Gasteiger partial charge in [-0.05, 0) is 120 Å². The number of benzene rings is 9. The predicted molar refractivity (Wildman–Crippen MR) is 273 cm³/mol. The zero-order chi connectivity index (χ0) is 42.5. The number of hydrogen-bond acceptors (Lipinski definition) is 4. The predicted octanol–water partition coefficient (Wildman–Crippen LogP) is 14.9. The van der Waals surface area contributed by atoms with Gasteiger partial charge in [0.2, 0.25) is 0 Å². The van der Waals surface area contributed by atoms with E-state index >= 15 is 0 Å². The van der Waals surface area contributed by atoms with Crippen molar-refractivity contribution in [3.05, 3.63) is 175 Å². The molecule has 5 heteroatoms. The molecule has 302 valence electrons. The second-order valence-electron chi connectivity index (χ2n) is 19.8. The highest BCUT2D eigenvalue weighted by atomic mass is 32.1. The van der Waals surface area contributed by atoms with Gasteiger partial charge in [0.1, 0.15) is 11.2 Å². The first-order valence-corrected chi connectivity index (χ1v) is 23.0. The highest BCUT2D eigenvalue weighted by molar-refractivity contribution is 7.26. The van der Waals surface area contributed by atoms with E-state index in [0.29, 0.717) is 0 Å². The van der Waals surface area contributed by atoms with Gasteiger partial charge in [0, 0.05) is 54.4 Å². The molecule has 2 aliphatic rings. The molecule has 0 spiro atoms. The van der Waals surface area contributed by atoms with Gasteiger partial charge in [-0.15, -0.1) is 11.3 Å². The number of para-hydroxylation sites is 1. The molecule has 4 heterocycles. The lowest BCUT2D eigenvalue weighted by molar-refractivity contribution is 0.591. The fourth-order valence-corrected chi connectivity index (χ4v) is 12.0. The maximum Gasteiger partial charge on any atom is 0.252 e. The number of hydrogen-bond donors (Lipinski definition) is 0. The third-order valence-electron chi connectivity index (χ3n) is 13.8. The first kappa shape index (κ1) is 36.8. The second kappa shape index (κ2) is 12.9. The lowest BCUT2D eigenvalue weighted by atomic mass is 9.33. The minimum atomic E-state index is -0.147. The number of rotatable bonds is 2. The number of nitrogens with zero attached hydrogens (tertiary/aromatic N) is 2. The van der Waals surface area contributed by atoms with E-state index in [9.17, 15) is 0 Å². The van der Waals surface area contributed by atoms with Gasteiger partial charge >= 0.3 is 0 Å². The third kappa shape index (κ3) is 5.33. The minimum absolute atomic E-state index is 0.0492. The van der Waals surface area contributed by atoms with E-state index in [-0.39, 0.29) is 17.5 Å². The summed E-state index contributed by atoms with van der Waals surface area (Å²) in [5.74, 6) is 0. The van der Waals surface area contributed by atoms with Crippen molar-refractivity contribution < 1.29 is 4.42 Å². The molecule has 0 saturated heterocycles. The van der Waals surface area contributed by atoms with Crippen molar-refractivity contribution in [2.45, 2.75) is 52.4 Å².